The van der Waals surface area contributed by atoms with Crippen molar-refractivity contribution in [1.29, 1.82) is 0 Å². The number of primary amides is 1. The number of aromatic nitrogens is 2. The number of para-hydroxylation sites is 1. The number of carbonyl (C=O) groups is 2. The highest BCUT2D eigenvalue weighted by Crippen LogP contribution is 2.28. The molecule has 8 heteroatoms. The molecule has 2 amide bonds. The predicted octanol–water partition coefficient (Wildman–Crippen LogP) is 3.55. The van der Waals surface area contributed by atoms with E-state index in [0.717, 1.165) is 30.7 Å². The molecule has 0 radical (unpaired) electrons. The van der Waals surface area contributed by atoms with Crippen LogP contribution < -0.4 is 10.5 Å². The number of hydrogen-bond donors (Lipinski definition) is 1. The van der Waals surface area contributed by atoms with E-state index in [1.807, 2.05) is 84.6 Å². The molecule has 1 aromatic heterocycles. The summed E-state index contributed by atoms with van der Waals surface area (Å²) in [5.74, 6) is 0.893. The Bertz CT molecular complexity index is 1190. The Hall–Kier alpha value is -3.91. The summed E-state index contributed by atoms with van der Waals surface area (Å²) in [4.78, 5) is 28.7. The average molecular weight is 474 g/mol. The molecule has 2 heterocycles. The second kappa shape index (κ2) is 11.0. The second-order valence-electron chi connectivity index (χ2n) is 8.91. The molecule has 1 aliphatic rings. The van der Waals surface area contributed by atoms with E-state index in [2.05, 4.69) is 5.10 Å². The van der Waals surface area contributed by atoms with Crippen molar-refractivity contribution in [2.75, 3.05) is 27.2 Å². The van der Waals surface area contributed by atoms with Crippen LogP contribution in [0.3, 0.4) is 0 Å². The number of likely N-dealkylation sites (N-methyl/N-ethyl adjacent to an activating group) is 1. The van der Waals surface area contributed by atoms with E-state index in [1.165, 1.54) is 0 Å². The Morgan fingerprint density at radius 1 is 1.11 bits per heavy atom. The third-order valence-electron chi connectivity index (χ3n) is 5.92. The summed E-state index contributed by atoms with van der Waals surface area (Å²) in [5, 5.41) is 4.67. The van der Waals surface area contributed by atoms with E-state index in [-0.39, 0.29) is 11.9 Å². The maximum Gasteiger partial charge on any atom is 0.252 e. The lowest BCUT2D eigenvalue weighted by molar-refractivity contribution is -0.127. The van der Waals surface area contributed by atoms with Crippen molar-refractivity contribution < 1.29 is 14.3 Å². The Morgan fingerprint density at radius 3 is 2.51 bits per heavy atom. The third-order valence-corrected chi connectivity index (χ3v) is 5.92. The molecule has 1 fully saturated rings. The second-order valence-corrected chi connectivity index (χ2v) is 8.91. The first-order chi connectivity index (χ1) is 16.9. The monoisotopic (exact) mass is 473 g/mol. The van der Waals surface area contributed by atoms with Crippen LogP contribution in [0.5, 0.6) is 11.5 Å². The van der Waals surface area contributed by atoms with E-state index in [9.17, 15) is 9.59 Å². The van der Waals surface area contributed by atoms with Gasteiger partial charge in [0, 0.05) is 30.9 Å². The van der Waals surface area contributed by atoms with E-state index in [4.69, 9.17) is 10.5 Å². The fourth-order valence-corrected chi connectivity index (χ4v) is 4.21. The summed E-state index contributed by atoms with van der Waals surface area (Å²) in [5.41, 5.74) is 7.30. The van der Waals surface area contributed by atoms with Crippen molar-refractivity contribution in [1.82, 2.24) is 19.6 Å². The Balaban J connectivity index is 1.49. The minimum absolute atomic E-state index is 0.00543. The summed E-state index contributed by atoms with van der Waals surface area (Å²) < 4.78 is 7.58. The standard InChI is InChI=1S/C27H31N5O3/c1-30(2)16-7-11-25(33)32-17-6-8-21(32)18-31-19-24(27(28)34)26(29-31)20-12-14-23(15-13-20)35-22-9-4-3-5-10-22/h3-5,7,9-15,19,21H,6,8,16-18H2,1-2H3,(H2,28,34)/t21-/m0/s1. The molecule has 0 spiro atoms. The molecular formula is C27H31N5O3. The zero-order valence-corrected chi connectivity index (χ0v) is 20.1. The van der Waals surface area contributed by atoms with Crippen molar-refractivity contribution >= 4 is 11.8 Å². The highest BCUT2D eigenvalue weighted by atomic mass is 16.5. The molecular weight excluding hydrogens is 442 g/mol. The molecule has 2 N–H and O–H groups in total. The number of rotatable bonds is 9. The number of ether oxygens (including phenoxy) is 1. The fourth-order valence-electron chi connectivity index (χ4n) is 4.21. The number of hydrogen-bond acceptors (Lipinski definition) is 5. The van der Waals surface area contributed by atoms with E-state index in [0.29, 0.717) is 30.1 Å². The van der Waals surface area contributed by atoms with Crippen LogP contribution in [0, 0.1) is 0 Å². The van der Waals surface area contributed by atoms with Gasteiger partial charge in [0.1, 0.15) is 17.2 Å². The Morgan fingerprint density at radius 2 is 1.83 bits per heavy atom. The van der Waals surface area contributed by atoms with Gasteiger partial charge in [-0.15, -0.1) is 0 Å². The van der Waals surface area contributed by atoms with Crippen molar-refractivity contribution in [2.45, 2.75) is 25.4 Å². The van der Waals surface area contributed by atoms with Gasteiger partial charge in [-0.2, -0.15) is 5.10 Å². The molecule has 1 aliphatic heterocycles. The number of carbonyl (C=O) groups excluding carboxylic acids is 2. The van der Waals surface area contributed by atoms with Crippen molar-refractivity contribution in [3.05, 3.63) is 78.5 Å². The van der Waals surface area contributed by atoms with Crippen LogP contribution in [0.4, 0.5) is 0 Å². The molecule has 1 saturated heterocycles. The summed E-state index contributed by atoms with van der Waals surface area (Å²) in [6.45, 7) is 1.93. The summed E-state index contributed by atoms with van der Waals surface area (Å²) in [6.07, 6.45) is 7.02. The Kier molecular flexibility index (Phi) is 7.62. The number of nitrogens with zero attached hydrogens (tertiary/aromatic N) is 4. The van der Waals surface area contributed by atoms with Gasteiger partial charge in [-0.3, -0.25) is 14.3 Å². The van der Waals surface area contributed by atoms with Crippen LogP contribution in [-0.4, -0.2) is 64.6 Å². The summed E-state index contributed by atoms with van der Waals surface area (Å²) >= 11 is 0. The highest BCUT2D eigenvalue weighted by molar-refractivity contribution is 5.98. The van der Waals surface area contributed by atoms with Crippen molar-refractivity contribution in [3.63, 3.8) is 0 Å². The topological polar surface area (TPSA) is 93.7 Å². The van der Waals surface area contributed by atoms with Gasteiger partial charge in [0.25, 0.3) is 5.91 Å². The predicted molar refractivity (Wildman–Crippen MR) is 135 cm³/mol. The lowest BCUT2D eigenvalue weighted by Gasteiger charge is -2.23. The van der Waals surface area contributed by atoms with Crippen LogP contribution in [0.2, 0.25) is 0 Å². The maximum absolute atomic E-state index is 12.7. The van der Waals surface area contributed by atoms with Crippen molar-refractivity contribution in [3.8, 4) is 22.8 Å². The molecule has 8 nitrogen and oxygen atoms in total. The zero-order valence-electron chi connectivity index (χ0n) is 20.1. The van der Waals surface area contributed by atoms with Gasteiger partial charge >= 0.3 is 0 Å². The van der Waals surface area contributed by atoms with Crippen molar-refractivity contribution in [2.24, 2.45) is 5.73 Å². The fraction of sp³-hybridized carbons (Fsp3) is 0.296. The van der Waals surface area contributed by atoms with Gasteiger partial charge in [-0.1, -0.05) is 24.3 Å². The quantitative estimate of drug-likeness (QED) is 0.480. The van der Waals surface area contributed by atoms with Gasteiger partial charge in [0.05, 0.1) is 18.2 Å². The maximum atomic E-state index is 12.7. The SMILES string of the molecule is CN(C)CC=CC(=O)N1CCC[C@H]1Cn1cc(C(N)=O)c(-c2ccc(Oc3ccccc3)cc2)n1. The number of benzene rings is 2. The third kappa shape index (κ3) is 6.16. The molecule has 4 rings (SSSR count). The van der Waals surface area contributed by atoms with Gasteiger partial charge in [-0.05, 0) is 63.3 Å². The first-order valence-electron chi connectivity index (χ1n) is 11.7. The van der Waals surface area contributed by atoms with Gasteiger partial charge in [-0.25, -0.2) is 0 Å². The normalized spacial score (nSPS) is 15.7. The van der Waals surface area contributed by atoms with Gasteiger partial charge in [0.2, 0.25) is 5.91 Å². The zero-order chi connectivity index (χ0) is 24.8. The average Bonchev–Trinajstić information content (AvgIpc) is 3.48. The minimum Gasteiger partial charge on any atom is -0.457 e. The first kappa shape index (κ1) is 24.2. The molecule has 2 aromatic carbocycles. The molecule has 1 atom stereocenters. The van der Waals surface area contributed by atoms with Crippen LogP contribution in [0.1, 0.15) is 23.2 Å². The lowest BCUT2D eigenvalue weighted by Crippen LogP contribution is -2.37. The molecule has 35 heavy (non-hydrogen) atoms. The molecule has 0 bridgehead atoms. The first-order valence-corrected chi connectivity index (χ1v) is 11.7. The van der Waals surface area contributed by atoms with Crippen LogP contribution in [0.25, 0.3) is 11.3 Å². The van der Waals surface area contributed by atoms with Crippen LogP contribution >= 0.6 is 0 Å². The summed E-state index contributed by atoms with van der Waals surface area (Å²) in [6, 6.07) is 16.9. The minimum atomic E-state index is -0.540. The van der Waals surface area contributed by atoms with Gasteiger partial charge < -0.3 is 20.3 Å². The van der Waals surface area contributed by atoms with Crippen LogP contribution in [0.15, 0.2) is 72.9 Å². The summed E-state index contributed by atoms with van der Waals surface area (Å²) in [7, 11) is 3.92. The molecule has 3 aromatic rings. The highest BCUT2D eigenvalue weighted by Gasteiger charge is 2.28. The van der Waals surface area contributed by atoms with Gasteiger partial charge in [0.15, 0.2) is 0 Å². The largest absolute Gasteiger partial charge is 0.457 e. The van der Waals surface area contributed by atoms with Crippen LogP contribution in [-0.2, 0) is 11.3 Å². The van der Waals surface area contributed by atoms with E-state index < -0.39 is 5.91 Å². The molecule has 0 aliphatic carbocycles. The molecule has 0 saturated carbocycles. The molecule has 0 unspecified atom stereocenters. The van der Waals surface area contributed by atoms with E-state index in [1.54, 1.807) is 17.0 Å². The molecule has 182 valence electrons. The Labute approximate surface area is 205 Å². The number of likely N-dealkylation sites (tertiary alicyclic amines) is 1. The number of amides is 2. The van der Waals surface area contributed by atoms with E-state index >= 15 is 0 Å². The lowest BCUT2D eigenvalue weighted by atomic mass is 10.1. The number of nitrogens with two attached hydrogens (primary N) is 1. The smallest absolute Gasteiger partial charge is 0.252 e.